The van der Waals surface area contributed by atoms with Gasteiger partial charge in [-0.1, -0.05) is 24.3 Å². The van der Waals surface area contributed by atoms with Crippen molar-refractivity contribution in [1.82, 2.24) is 19.6 Å². The van der Waals surface area contributed by atoms with Crippen molar-refractivity contribution in [3.05, 3.63) is 129 Å². The minimum Gasteiger partial charge on any atom is -0.508 e. The van der Waals surface area contributed by atoms with Crippen LogP contribution in [0.5, 0.6) is 11.5 Å². The zero-order chi connectivity index (χ0) is 46.4. The molecule has 2 heterocycles. The highest BCUT2D eigenvalue weighted by atomic mass is 19.1. The first-order chi connectivity index (χ1) is 30.5. The molecule has 4 aromatic rings. The normalized spacial score (nSPS) is 22.0. The lowest BCUT2D eigenvalue weighted by molar-refractivity contribution is -0.133. The fraction of sp³-hybridized carbons (Fsp3) is 0.471. The molecule has 64 heavy (non-hydrogen) atoms. The number of benzene rings is 4. The first-order valence-electron chi connectivity index (χ1n) is 22.3. The minimum absolute atomic E-state index is 0.118. The monoisotopic (exact) mass is 886 g/mol. The summed E-state index contributed by atoms with van der Waals surface area (Å²) >= 11 is 0. The van der Waals surface area contributed by atoms with Gasteiger partial charge in [0.15, 0.2) is 11.6 Å². The van der Waals surface area contributed by atoms with Gasteiger partial charge in [0.1, 0.15) is 40.6 Å². The minimum atomic E-state index is -1.08. The second kappa shape index (κ2) is 21.4. The number of Topliss-reactive ketones (excluding diaryl/α,β-unsaturated/α-hetero) is 3. The molecular formula is C51H62F4N4O5. The summed E-state index contributed by atoms with van der Waals surface area (Å²) in [5.41, 5.74) is 0.587. The topological polar surface area (TPSA) is 105 Å². The average Bonchev–Trinajstić information content (AvgIpc) is 3.26. The quantitative estimate of drug-likeness (QED) is 0.0581. The maximum atomic E-state index is 16.2. The molecule has 0 bridgehead atoms. The Morgan fingerprint density at radius 3 is 1.30 bits per heavy atom. The number of unbranched alkanes of at least 4 members (excludes halogenated alkanes) is 2. The predicted molar refractivity (Wildman–Crippen MR) is 240 cm³/mol. The Balaban J connectivity index is 1.54. The van der Waals surface area contributed by atoms with E-state index in [2.05, 4.69) is 9.80 Å². The first-order valence-corrected chi connectivity index (χ1v) is 22.3. The molecule has 0 radical (unpaired) electrons. The van der Waals surface area contributed by atoms with Gasteiger partial charge in [0.05, 0.1) is 11.1 Å². The van der Waals surface area contributed by atoms with Crippen LogP contribution >= 0.6 is 0 Å². The molecule has 2 fully saturated rings. The van der Waals surface area contributed by atoms with Gasteiger partial charge in [-0.2, -0.15) is 0 Å². The number of phenolic OH excluding ortho intramolecular Hbond substituents is 2. The summed E-state index contributed by atoms with van der Waals surface area (Å²) in [6.45, 7) is 6.30. The van der Waals surface area contributed by atoms with Crippen LogP contribution in [0.3, 0.4) is 0 Å². The van der Waals surface area contributed by atoms with Crippen LogP contribution < -0.4 is 0 Å². The molecule has 0 aliphatic carbocycles. The van der Waals surface area contributed by atoms with Gasteiger partial charge in [-0.15, -0.1) is 0 Å². The van der Waals surface area contributed by atoms with Crippen LogP contribution in [0.1, 0.15) is 80.5 Å². The van der Waals surface area contributed by atoms with E-state index in [1.807, 2.05) is 38.0 Å². The largest absolute Gasteiger partial charge is 0.508 e. The molecule has 6 rings (SSSR count). The Labute approximate surface area is 374 Å². The van der Waals surface area contributed by atoms with E-state index in [1.165, 1.54) is 24.3 Å². The number of carbonyl (C=O) groups is 3. The Morgan fingerprint density at radius 2 is 0.922 bits per heavy atom. The molecule has 344 valence electrons. The van der Waals surface area contributed by atoms with Crippen molar-refractivity contribution in [1.29, 1.82) is 0 Å². The van der Waals surface area contributed by atoms with E-state index < -0.39 is 70.3 Å². The molecular weight excluding hydrogens is 825 g/mol. The second-order valence-electron chi connectivity index (χ2n) is 18.4. The third-order valence-electron chi connectivity index (χ3n) is 13.4. The van der Waals surface area contributed by atoms with Gasteiger partial charge in [-0.25, -0.2) is 17.6 Å². The van der Waals surface area contributed by atoms with Crippen LogP contribution in [0, 0.1) is 60.8 Å². The van der Waals surface area contributed by atoms with Gasteiger partial charge in [-0.3, -0.25) is 14.4 Å². The van der Waals surface area contributed by atoms with E-state index in [-0.39, 0.29) is 65.7 Å². The zero-order valence-electron chi connectivity index (χ0n) is 37.8. The SMILES string of the molecule is Cc1c(F)cccc1C1C(C(=O)c2cc(O)ccc2F)CN(CCCCN(C)C)CC1C(=O)[C@@H]1CN(CCCCN(C)C)C[C@H](C(=O)c2cc(O)ccc2F)[C@@H]1c1cccc(F)c1C. The van der Waals surface area contributed by atoms with Crippen LogP contribution in [-0.2, 0) is 4.79 Å². The molecule has 0 aromatic heterocycles. The van der Waals surface area contributed by atoms with Crippen LogP contribution in [0.15, 0.2) is 72.8 Å². The molecule has 4 aromatic carbocycles. The van der Waals surface area contributed by atoms with Crippen molar-refractivity contribution < 1.29 is 42.2 Å². The van der Waals surface area contributed by atoms with Crippen LogP contribution in [0.2, 0.25) is 0 Å². The highest BCUT2D eigenvalue weighted by molar-refractivity contribution is 6.01. The number of ketones is 3. The zero-order valence-corrected chi connectivity index (χ0v) is 37.8. The number of carbonyl (C=O) groups excluding carboxylic acids is 3. The van der Waals surface area contributed by atoms with Crippen molar-refractivity contribution >= 4 is 17.3 Å². The standard InChI is InChI=1S/C51H62F4N4O5/c1-31-35(13-11-15-43(31)52)47-39(49(62)37-25-33(60)17-19-45(37)54)27-58(23-9-7-21-56(3)4)29-41(47)51(64)42-30-59(24-10-8-22-57(5)6)28-40(48(42)36-14-12-16-44(53)32(36)2)50(63)38-26-34(61)18-20-46(38)55/h11-20,25-26,39-42,47-48,60-61H,7-10,21-24,27-30H2,1-6H3/t39-,40?,41+,42?,47-,48?/m0/s1. The number of nitrogens with zero attached hydrogens (tertiary/aromatic N) is 4. The highest BCUT2D eigenvalue weighted by Gasteiger charge is 2.52. The molecule has 2 N–H and O–H groups in total. The van der Waals surface area contributed by atoms with E-state index in [1.54, 1.807) is 26.0 Å². The van der Waals surface area contributed by atoms with E-state index in [4.69, 9.17) is 0 Å². The Kier molecular flexibility index (Phi) is 16.2. The van der Waals surface area contributed by atoms with Gasteiger partial charge in [0.2, 0.25) is 0 Å². The van der Waals surface area contributed by atoms with E-state index in [9.17, 15) is 19.8 Å². The van der Waals surface area contributed by atoms with Crippen LogP contribution in [0.4, 0.5) is 17.6 Å². The smallest absolute Gasteiger partial charge is 0.170 e. The van der Waals surface area contributed by atoms with Crippen molar-refractivity contribution in [2.24, 2.45) is 23.7 Å². The Hall–Kier alpha value is -4.95. The molecule has 0 saturated carbocycles. The van der Waals surface area contributed by atoms with E-state index in [0.717, 1.165) is 62.3 Å². The van der Waals surface area contributed by atoms with Crippen LogP contribution in [-0.4, -0.2) is 128 Å². The maximum absolute atomic E-state index is 16.2. The number of phenols is 2. The third kappa shape index (κ3) is 11.1. The summed E-state index contributed by atoms with van der Waals surface area (Å²) in [5.74, 6) is -11.2. The molecule has 0 amide bonds. The number of rotatable bonds is 18. The molecule has 2 saturated heterocycles. The number of hydrogen-bond donors (Lipinski definition) is 2. The van der Waals surface area contributed by atoms with Gasteiger partial charge >= 0.3 is 0 Å². The Morgan fingerprint density at radius 1 is 0.547 bits per heavy atom. The first kappa shape index (κ1) is 48.5. The molecule has 9 nitrogen and oxygen atoms in total. The summed E-state index contributed by atoms with van der Waals surface area (Å²) in [6.07, 6.45) is 3.06. The summed E-state index contributed by atoms with van der Waals surface area (Å²) in [7, 11) is 7.89. The van der Waals surface area contributed by atoms with Crippen molar-refractivity contribution in [2.75, 3.05) is 80.5 Å². The second-order valence-corrected chi connectivity index (χ2v) is 18.4. The predicted octanol–water partition coefficient (Wildman–Crippen LogP) is 8.25. The lowest BCUT2D eigenvalue weighted by Crippen LogP contribution is -2.56. The fourth-order valence-electron chi connectivity index (χ4n) is 10.1. The maximum Gasteiger partial charge on any atom is 0.170 e. The lowest BCUT2D eigenvalue weighted by Gasteiger charge is -2.48. The highest BCUT2D eigenvalue weighted by Crippen LogP contribution is 2.48. The average molecular weight is 887 g/mol. The lowest BCUT2D eigenvalue weighted by atomic mass is 9.62. The van der Waals surface area contributed by atoms with E-state index in [0.29, 0.717) is 37.1 Å². The summed E-state index contributed by atoms with van der Waals surface area (Å²) < 4.78 is 62.7. The van der Waals surface area contributed by atoms with Gasteiger partial charge in [0.25, 0.3) is 0 Å². The molecule has 3 unspecified atom stereocenters. The molecule has 2 aliphatic rings. The number of piperidine rings is 2. The van der Waals surface area contributed by atoms with Crippen molar-refractivity contribution in [2.45, 2.75) is 51.4 Å². The van der Waals surface area contributed by atoms with Crippen LogP contribution in [0.25, 0.3) is 0 Å². The van der Waals surface area contributed by atoms with Gasteiger partial charge in [0, 0.05) is 61.7 Å². The summed E-state index contributed by atoms with van der Waals surface area (Å²) in [5, 5.41) is 20.9. The molecule has 13 heteroatoms. The molecule has 2 aliphatic heterocycles. The van der Waals surface area contributed by atoms with E-state index >= 15 is 22.4 Å². The number of hydrogen-bond acceptors (Lipinski definition) is 9. The third-order valence-corrected chi connectivity index (χ3v) is 13.4. The Bertz CT molecular complexity index is 2150. The number of halogens is 4. The molecule has 6 atom stereocenters. The summed E-state index contributed by atoms with van der Waals surface area (Å²) in [4.78, 5) is 54.2. The molecule has 0 spiro atoms. The number of aromatic hydroxyl groups is 2. The number of likely N-dealkylation sites (tertiary alicyclic amines) is 2. The fourth-order valence-corrected chi connectivity index (χ4v) is 10.1. The van der Waals surface area contributed by atoms with Crippen molar-refractivity contribution in [3.8, 4) is 11.5 Å². The van der Waals surface area contributed by atoms with Crippen molar-refractivity contribution in [3.63, 3.8) is 0 Å². The van der Waals surface area contributed by atoms with Gasteiger partial charge < -0.3 is 29.8 Å². The van der Waals surface area contributed by atoms with Gasteiger partial charge in [-0.05, 0) is 165 Å². The summed E-state index contributed by atoms with van der Waals surface area (Å²) in [6, 6.07) is 15.5.